The number of thiazole rings is 1. The molecule has 1 aliphatic rings. The van der Waals surface area contributed by atoms with Gasteiger partial charge in [0.05, 0.1) is 35.8 Å². The molecule has 140 valence electrons. The molecule has 0 atom stereocenters. The molecule has 0 saturated carbocycles. The van der Waals surface area contributed by atoms with Crippen molar-refractivity contribution < 1.29 is 19.0 Å². The van der Waals surface area contributed by atoms with Crippen molar-refractivity contribution in [2.24, 2.45) is 0 Å². The Morgan fingerprint density at radius 3 is 3.15 bits per heavy atom. The zero-order chi connectivity index (χ0) is 19.4. The summed E-state index contributed by atoms with van der Waals surface area (Å²) in [5.41, 5.74) is 2.04. The fourth-order valence-electron chi connectivity index (χ4n) is 2.36. The van der Waals surface area contributed by atoms with Gasteiger partial charge < -0.3 is 30.8 Å². The third-order valence-electron chi connectivity index (χ3n) is 3.69. The molecule has 3 rings (SSSR count). The topological polar surface area (TPSA) is 111 Å². The zero-order valence-corrected chi connectivity index (χ0v) is 15.1. The standard InChI is InChI=1S/C17H16FN5O3S/c1-23-9-26-7-12(14(23)5-19)20-6-16(25)22-17-21-13(8-27-17)10-2-3-15(24)11(18)4-10/h4-5,8,19-20,24H,6-7,9H2,1H3,(H,21,22,25). The maximum atomic E-state index is 13.4. The summed E-state index contributed by atoms with van der Waals surface area (Å²) in [7, 11) is 1.79. The Bertz CT molecular complexity index is 898. The lowest BCUT2D eigenvalue weighted by atomic mass is 10.2. The van der Waals surface area contributed by atoms with E-state index in [-0.39, 0.29) is 12.5 Å². The van der Waals surface area contributed by atoms with Crippen molar-refractivity contribution in [2.45, 2.75) is 0 Å². The number of ether oxygens (including phenoxy) is 1. The van der Waals surface area contributed by atoms with Crippen molar-refractivity contribution in [1.82, 2.24) is 15.2 Å². The van der Waals surface area contributed by atoms with Crippen LogP contribution in [0, 0.1) is 23.4 Å². The van der Waals surface area contributed by atoms with Crippen molar-refractivity contribution in [3.8, 4) is 17.0 Å². The number of allylic oxidation sites excluding steroid dienone is 1. The van der Waals surface area contributed by atoms with Gasteiger partial charge in [0.15, 0.2) is 10.9 Å². The molecule has 2 heterocycles. The summed E-state index contributed by atoms with van der Waals surface area (Å²) in [5, 5.41) is 24.2. The first-order valence-corrected chi connectivity index (χ1v) is 8.70. The predicted molar refractivity (Wildman–Crippen MR) is 97.9 cm³/mol. The lowest BCUT2D eigenvalue weighted by Crippen LogP contribution is -2.37. The van der Waals surface area contributed by atoms with Crippen LogP contribution >= 0.6 is 11.3 Å². The number of aromatic hydroxyl groups is 1. The molecule has 27 heavy (non-hydrogen) atoms. The van der Waals surface area contributed by atoms with E-state index in [4.69, 9.17) is 15.3 Å². The number of amides is 1. The summed E-state index contributed by atoms with van der Waals surface area (Å²) in [6, 6.07) is 5.97. The summed E-state index contributed by atoms with van der Waals surface area (Å²) >= 11 is 1.18. The minimum atomic E-state index is -0.818. The van der Waals surface area contributed by atoms with Gasteiger partial charge in [-0.05, 0) is 12.1 Å². The summed E-state index contributed by atoms with van der Waals surface area (Å²) < 4.78 is 18.8. The van der Waals surface area contributed by atoms with Crippen molar-refractivity contribution in [3.63, 3.8) is 0 Å². The minimum absolute atomic E-state index is 0.0213. The Balaban J connectivity index is 1.61. The number of carbonyl (C=O) groups excluding carboxylic acids is 1. The average Bonchev–Trinajstić information content (AvgIpc) is 3.10. The smallest absolute Gasteiger partial charge is 0.245 e. The largest absolute Gasteiger partial charge is 0.499 e. The quantitative estimate of drug-likeness (QED) is 0.558. The monoisotopic (exact) mass is 389 g/mol. The van der Waals surface area contributed by atoms with E-state index in [9.17, 15) is 9.18 Å². The number of hydrogen-bond acceptors (Lipinski definition) is 8. The number of aromatic nitrogens is 1. The first-order valence-electron chi connectivity index (χ1n) is 7.82. The fourth-order valence-corrected chi connectivity index (χ4v) is 3.08. The van der Waals surface area contributed by atoms with Gasteiger partial charge in [-0.2, -0.15) is 0 Å². The highest BCUT2D eigenvalue weighted by Gasteiger charge is 2.17. The van der Waals surface area contributed by atoms with E-state index < -0.39 is 11.6 Å². The molecular formula is C17H16FN5O3S. The molecule has 1 amide bonds. The Hall–Kier alpha value is -3.16. The summed E-state index contributed by atoms with van der Waals surface area (Å²) in [6.07, 6.45) is 1.21. The van der Waals surface area contributed by atoms with Gasteiger partial charge in [-0.25, -0.2) is 9.37 Å². The van der Waals surface area contributed by atoms with Gasteiger partial charge in [0.1, 0.15) is 6.73 Å². The van der Waals surface area contributed by atoms with Crippen LogP contribution in [0.4, 0.5) is 9.52 Å². The van der Waals surface area contributed by atoms with E-state index in [0.29, 0.717) is 41.1 Å². The van der Waals surface area contributed by atoms with Crippen LogP contribution < -0.4 is 10.6 Å². The number of anilines is 1. The molecule has 0 fully saturated rings. The van der Waals surface area contributed by atoms with Gasteiger partial charge in [0, 0.05) is 18.6 Å². The lowest BCUT2D eigenvalue weighted by molar-refractivity contribution is -0.115. The van der Waals surface area contributed by atoms with E-state index in [1.807, 2.05) is 0 Å². The van der Waals surface area contributed by atoms with Crippen molar-refractivity contribution in [1.29, 1.82) is 5.41 Å². The summed E-state index contributed by atoms with van der Waals surface area (Å²) in [6.45, 7) is 0.658. The molecule has 0 aliphatic carbocycles. The molecule has 4 N–H and O–H groups in total. The lowest BCUT2D eigenvalue weighted by Gasteiger charge is -2.28. The molecule has 0 unspecified atom stereocenters. The second kappa shape index (κ2) is 8.03. The minimum Gasteiger partial charge on any atom is -0.499 e. The average molecular weight is 389 g/mol. The van der Waals surface area contributed by atoms with Crippen LogP contribution in [0.1, 0.15) is 0 Å². The summed E-state index contributed by atoms with van der Waals surface area (Å²) in [4.78, 5) is 18.1. The third kappa shape index (κ3) is 4.33. The zero-order valence-electron chi connectivity index (χ0n) is 14.3. The van der Waals surface area contributed by atoms with Gasteiger partial charge in [-0.3, -0.25) is 4.79 Å². The molecular weight excluding hydrogens is 373 g/mol. The van der Waals surface area contributed by atoms with Gasteiger partial charge in [0.2, 0.25) is 11.7 Å². The molecule has 2 aromatic rings. The molecule has 1 aromatic heterocycles. The number of carbonyl (C=O) groups is 1. The third-order valence-corrected chi connectivity index (χ3v) is 4.45. The number of hydrogen-bond donors (Lipinski definition) is 4. The van der Waals surface area contributed by atoms with Crippen LogP contribution in [0.5, 0.6) is 5.75 Å². The first-order chi connectivity index (χ1) is 13.0. The van der Waals surface area contributed by atoms with E-state index in [0.717, 1.165) is 6.07 Å². The van der Waals surface area contributed by atoms with Crippen LogP contribution in [0.2, 0.25) is 0 Å². The Morgan fingerprint density at radius 1 is 1.59 bits per heavy atom. The predicted octanol–water partition coefficient (Wildman–Crippen LogP) is 1.56. The Labute approximate surface area is 158 Å². The molecule has 0 spiro atoms. The number of rotatable bonds is 6. The van der Waals surface area contributed by atoms with Gasteiger partial charge in [-0.15, -0.1) is 11.3 Å². The van der Waals surface area contributed by atoms with Crippen molar-refractivity contribution >= 4 is 28.6 Å². The molecule has 1 aromatic carbocycles. The Morgan fingerprint density at radius 2 is 2.41 bits per heavy atom. The van der Waals surface area contributed by atoms with Crippen LogP contribution in [-0.2, 0) is 9.53 Å². The van der Waals surface area contributed by atoms with E-state index in [1.165, 1.54) is 17.6 Å². The van der Waals surface area contributed by atoms with Crippen LogP contribution in [0.25, 0.3) is 11.3 Å². The SMILES string of the molecule is CN1COCC(NCC(=O)Nc2nc(-c3c#cc(O)c(F)c3)cs2)=C1C=N. The highest BCUT2D eigenvalue weighted by atomic mass is 32.1. The summed E-state index contributed by atoms with van der Waals surface area (Å²) in [5.74, 6) is -1.75. The number of halogens is 1. The van der Waals surface area contributed by atoms with Gasteiger partial charge in [0.25, 0.3) is 0 Å². The van der Waals surface area contributed by atoms with E-state index in [1.54, 1.807) is 17.3 Å². The maximum absolute atomic E-state index is 13.4. The second-order valence-corrected chi connectivity index (χ2v) is 6.49. The molecule has 1 aliphatic heterocycles. The van der Waals surface area contributed by atoms with E-state index in [2.05, 4.69) is 27.8 Å². The maximum Gasteiger partial charge on any atom is 0.245 e. The first kappa shape index (κ1) is 18.6. The normalized spacial score (nSPS) is 13.9. The van der Waals surface area contributed by atoms with Crippen LogP contribution in [-0.4, -0.2) is 54.0 Å². The molecule has 8 nitrogen and oxygen atoms in total. The van der Waals surface area contributed by atoms with E-state index >= 15 is 0 Å². The molecule has 0 radical (unpaired) electrons. The highest BCUT2D eigenvalue weighted by Crippen LogP contribution is 2.25. The highest BCUT2D eigenvalue weighted by molar-refractivity contribution is 7.14. The van der Waals surface area contributed by atoms with Crippen molar-refractivity contribution in [2.75, 3.05) is 32.2 Å². The van der Waals surface area contributed by atoms with Crippen LogP contribution in [0.3, 0.4) is 0 Å². The second-order valence-electron chi connectivity index (χ2n) is 5.63. The fraction of sp³-hybridized carbons (Fsp3) is 0.235. The number of nitrogens with one attached hydrogen (secondary N) is 3. The van der Waals surface area contributed by atoms with Crippen LogP contribution in [0.15, 0.2) is 22.8 Å². The number of nitrogens with zero attached hydrogens (tertiary/aromatic N) is 2. The molecule has 0 bridgehead atoms. The van der Waals surface area contributed by atoms with Crippen molar-refractivity contribution in [3.05, 3.63) is 40.8 Å². The van der Waals surface area contributed by atoms with Gasteiger partial charge in [-0.1, -0.05) is 6.07 Å². The Kier molecular flexibility index (Phi) is 5.54. The van der Waals surface area contributed by atoms with Gasteiger partial charge >= 0.3 is 0 Å². The molecule has 0 saturated heterocycles. The molecule has 10 heteroatoms.